The number of hydrogen-bond acceptors (Lipinski definition) is 3. The van der Waals surface area contributed by atoms with Crippen molar-refractivity contribution in [1.82, 2.24) is 10.2 Å². The van der Waals surface area contributed by atoms with Crippen molar-refractivity contribution < 1.29 is 18.7 Å². The van der Waals surface area contributed by atoms with E-state index >= 15 is 0 Å². The van der Waals surface area contributed by atoms with Gasteiger partial charge in [-0.15, -0.1) is 0 Å². The molecular formula is C20H22FN3O3. The Morgan fingerprint density at radius 2 is 2.11 bits per heavy atom. The summed E-state index contributed by atoms with van der Waals surface area (Å²) in [6.07, 6.45) is 0.569. The number of benzene rings is 2. The minimum Gasteiger partial charge on any atom is -0.491 e. The molecule has 0 aliphatic carbocycles. The summed E-state index contributed by atoms with van der Waals surface area (Å²) in [5.41, 5.74) is 8.40. The van der Waals surface area contributed by atoms with Gasteiger partial charge in [0.05, 0.1) is 6.61 Å². The number of halogens is 1. The Hall–Kier alpha value is -3.09. The molecular weight excluding hydrogens is 349 g/mol. The maximum atomic E-state index is 13.9. The maximum absolute atomic E-state index is 13.9. The molecule has 3 amide bonds. The van der Waals surface area contributed by atoms with Crippen molar-refractivity contribution >= 4 is 11.9 Å². The Morgan fingerprint density at radius 3 is 2.81 bits per heavy atom. The first kappa shape index (κ1) is 18.7. The molecule has 0 unspecified atom stereocenters. The van der Waals surface area contributed by atoms with E-state index in [1.807, 2.05) is 6.07 Å². The number of rotatable bonds is 5. The van der Waals surface area contributed by atoms with Crippen LogP contribution in [0.15, 0.2) is 36.4 Å². The number of nitrogens with two attached hydrogens (primary N) is 1. The van der Waals surface area contributed by atoms with E-state index in [-0.39, 0.29) is 18.3 Å². The van der Waals surface area contributed by atoms with E-state index in [4.69, 9.17) is 10.5 Å². The normalized spacial score (nSPS) is 13.0. The molecule has 1 aliphatic heterocycles. The van der Waals surface area contributed by atoms with Gasteiger partial charge in [0.2, 0.25) is 5.91 Å². The van der Waals surface area contributed by atoms with Crippen LogP contribution >= 0.6 is 0 Å². The lowest BCUT2D eigenvalue weighted by Gasteiger charge is -2.30. The van der Waals surface area contributed by atoms with E-state index in [9.17, 15) is 14.0 Å². The Balaban J connectivity index is 1.62. The van der Waals surface area contributed by atoms with Crippen molar-refractivity contribution in [3.63, 3.8) is 0 Å². The number of nitrogens with zero attached hydrogens (tertiary/aromatic N) is 1. The van der Waals surface area contributed by atoms with Gasteiger partial charge in [-0.1, -0.05) is 18.2 Å². The predicted molar refractivity (Wildman–Crippen MR) is 98.9 cm³/mol. The molecule has 1 aliphatic rings. The van der Waals surface area contributed by atoms with Crippen LogP contribution in [0, 0.1) is 5.82 Å². The topological polar surface area (TPSA) is 84.7 Å². The van der Waals surface area contributed by atoms with E-state index in [1.54, 1.807) is 36.1 Å². The fourth-order valence-electron chi connectivity index (χ4n) is 3.23. The minimum absolute atomic E-state index is 0.200. The van der Waals surface area contributed by atoms with Gasteiger partial charge in [-0.2, -0.15) is 0 Å². The summed E-state index contributed by atoms with van der Waals surface area (Å²) in [6.45, 7) is 3.28. The van der Waals surface area contributed by atoms with Crippen LogP contribution < -0.4 is 15.8 Å². The molecule has 0 saturated heterocycles. The lowest BCUT2D eigenvalue weighted by molar-refractivity contribution is 0.0998. The maximum Gasteiger partial charge on any atom is 0.317 e. The molecule has 0 saturated carbocycles. The smallest absolute Gasteiger partial charge is 0.317 e. The molecule has 3 N–H and O–H groups in total. The highest BCUT2D eigenvalue weighted by Crippen LogP contribution is 2.23. The summed E-state index contributed by atoms with van der Waals surface area (Å²) in [4.78, 5) is 25.7. The second kappa shape index (κ2) is 8.07. The van der Waals surface area contributed by atoms with Crippen LogP contribution in [0.3, 0.4) is 0 Å². The van der Waals surface area contributed by atoms with Gasteiger partial charge in [-0.25, -0.2) is 9.18 Å². The number of carbonyl (C=O) groups excluding carboxylic acids is 2. The Labute approximate surface area is 157 Å². The van der Waals surface area contributed by atoms with Gasteiger partial charge in [0.15, 0.2) is 11.6 Å². The van der Waals surface area contributed by atoms with E-state index in [2.05, 4.69) is 5.32 Å². The first-order chi connectivity index (χ1) is 13.0. The van der Waals surface area contributed by atoms with Crippen LogP contribution in [0.2, 0.25) is 0 Å². The standard InChI is InChI=1S/C20H22FN3O3/c1-2-27-18-7-6-13(10-17(18)21)11-23-20(26)24-9-8-15-14(12-24)4-3-5-16(15)19(22)25/h3-7,10H,2,8-9,11-12H2,1H3,(H2,22,25)(H,23,26). The molecule has 1 heterocycles. The molecule has 142 valence electrons. The van der Waals surface area contributed by atoms with Gasteiger partial charge in [0.25, 0.3) is 0 Å². The zero-order valence-corrected chi connectivity index (χ0v) is 15.1. The highest BCUT2D eigenvalue weighted by atomic mass is 19.1. The van der Waals surface area contributed by atoms with Gasteiger partial charge in [0.1, 0.15) is 0 Å². The van der Waals surface area contributed by atoms with E-state index in [1.165, 1.54) is 6.07 Å². The monoisotopic (exact) mass is 371 g/mol. The molecule has 2 aromatic rings. The third kappa shape index (κ3) is 4.19. The number of carbonyl (C=O) groups is 2. The number of ether oxygens (including phenoxy) is 1. The van der Waals surface area contributed by atoms with E-state index in [0.717, 1.165) is 11.1 Å². The molecule has 6 nitrogen and oxygen atoms in total. The van der Waals surface area contributed by atoms with E-state index < -0.39 is 11.7 Å². The van der Waals surface area contributed by atoms with Crippen molar-refractivity contribution in [2.24, 2.45) is 5.73 Å². The molecule has 0 radical (unpaired) electrons. The van der Waals surface area contributed by atoms with Crippen LogP contribution in [-0.4, -0.2) is 30.0 Å². The Kier molecular flexibility index (Phi) is 5.59. The Morgan fingerprint density at radius 1 is 1.30 bits per heavy atom. The van der Waals surface area contributed by atoms with Crippen molar-refractivity contribution in [3.05, 3.63) is 64.5 Å². The molecule has 3 rings (SSSR count). The second-order valence-electron chi connectivity index (χ2n) is 6.34. The predicted octanol–water partition coefficient (Wildman–Crippen LogP) is 2.59. The lowest BCUT2D eigenvalue weighted by Crippen LogP contribution is -2.42. The average Bonchev–Trinajstić information content (AvgIpc) is 2.67. The number of primary amides is 1. The highest BCUT2D eigenvalue weighted by Gasteiger charge is 2.23. The molecule has 7 heteroatoms. The molecule has 0 spiro atoms. The largest absolute Gasteiger partial charge is 0.491 e. The number of fused-ring (bicyclic) bond motifs is 1. The number of urea groups is 1. The zero-order valence-electron chi connectivity index (χ0n) is 15.1. The summed E-state index contributed by atoms with van der Waals surface area (Å²) in [6, 6.07) is 9.76. The fourth-order valence-corrected chi connectivity index (χ4v) is 3.23. The van der Waals surface area contributed by atoms with E-state index in [0.29, 0.717) is 37.2 Å². The third-order valence-electron chi connectivity index (χ3n) is 4.56. The van der Waals surface area contributed by atoms with Gasteiger partial charge >= 0.3 is 6.03 Å². The Bertz CT molecular complexity index is 870. The highest BCUT2D eigenvalue weighted by molar-refractivity contribution is 5.94. The summed E-state index contributed by atoms with van der Waals surface area (Å²) in [5, 5.41) is 2.80. The summed E-state index contributed by atoms with van der Waals surface area (Å²) in [7, 11) is 0. The summed E-state index contributed by atoms with van der Waals surface area (Å²) >= 11 is 0. The average molecular weight is 371 g/mol. The number of amides is 3. The number of nitrogens with one attached hydrogen (secondary N) is 1. The van der Waals surface area contributed by atoms with Crippen molar-refractivity contribution in [2.75, 3.05) is 13.2 Å². The first-order valence-corrected chi connectivity index (χ1v) is 8.84. The quantitative estimate of drug-likeness (QED) is 0.847. The van der Waals surface area contributed by atoms with Crippen LogP contribution in [0.4, 0.5) is 9.18 Å². The van der Waals surface area contributed by atoms with Crippen LogP contribution in [-0.2, 0) is 19.5 Å². The van der Waals surface area contributed by atoms with Gasteiger partial charge in [0, 0.05) is 25.2 Å². The third-order valence-corrected chi connectivity index (χ3v) is 4.56. The second-order valence-corrected chi connectivity index (χ2v) is 6.34. The van der Waals surface area contributed by atoms with Gasteiger partial charge in [-0.3, -0.25) is 4.79 Å². The van der Waals surface area contributed by atoms with Crippen LogP contribution in [0.5, 0.6) is 5.75 Å². The molecule has 0 fully saturated rings. The molecule has 2 aromatic carbocycles. The molecule has 0 bridgehead atoms. The SMILES string of the molecule is CCOc1ccc(CNC(=O)N2CCc3c(cccc3C(N)=O)C2)cc1F. The fraction of sp³-hybridized carbons (Fsp3) is 0.300. The van der Waals surface area contributed by atoms with Crippen molar-refractivity contribution in [3.8, 4) is 5.75 Å². The number of hydrogen-bond donors (Lipinski definition) is 2. The van der Waals surface area contributed by atoms with Gasteiger partial charge < -0.3 is 20.7 Å². The molecule has 0 atom stereocenters. The first-order valence-electron chi connectivity index (χ1n) is 8.84. The van der Waals surface area contributed by atoms with Crippen LogP contribution in [0.25, 0.3) is 0 Å². The minimum atomic E-state index is -0.456. The summed E-state index contributed by atoms with van der Waals surface area (Å²) < 4.78 is 19.1. The van der Waals surface area contributed by atoms with Gasteiger partial charge in [-0.05, 0) is 48.2 Å². The lowest BCUT2D eigenvalue weighted by atomic mass is 9.94. The zero-order chi connectivity index (χ0) is 19.4. The molecule has 0 aromatic heterocycles. The van der Waals surface area contributed by atoms with Crippen molar-refractivity contribution in [1.29, 1.82) is 0 Å². The van der Waals surface area contributed by atoms with Crippen molar-refractivity contribution in [2.45, 2.75) is 26.4 Å². The van der Waals surface area contributed by atoms with Crippen LogP contribution in [0.1, 0.15) is 34.0 Å². The molecule has 27 heavy (non-hydrogen) atoms. The summed E-state index contributed by atoms with van der Waals surface area (Å²) in [5.74, 6) is -0.706.